The molecule has 0 saturated carbocycles. The zero-order chi connectivity index (χ0) is 49.6. The highest BCUT2D eigenvalue weighted by atomic mass is 35.5. The predicted octanol–water partition coefficient (Wildman–Crippen LogP) is 10.8. The van der Waals surface area contributed by atoms with Crippen molar-refractivity contribution in [2.24, 2.45) is 0 Å². The highest BCUT2D eigenvalue weighted by Gasteiger charge is 2.64. The van der Waals surface area contributed by atoms with Gasteiger partial charge in [-0.3, -0.25) is 0 Å². The molecule has 2 fully saturated rings. The van der Waals surface area contributed by atoms with Crippen molar-refractivity contribution in [3.8, 4) is 17.2 Å². The fraction of sp³-hybridized carbons (Fsp3) is 0.300. The van der Waals surface area contributed by atoms with Crippen molar-refractivity contribution in [2.75, 3.05) is 40.6 Å². The van der Waals surface area contributed by atoms with Crippen LogP contribution in [0, 0.1) is 0 Å². The summed E-state index contributed by atoms with van der Waals surface area (Å²) >= 11 is 7.06. The molecule has 374 valence electrons. The minimum absolute atomic E-state index is 0.0481. The van der Waals surface area contributed by atoms with E-state index in [1.807, 2.05) is 170 Å². The summed E-state index contributed by atoms with van der Waals surface area (Å²) in [5.74, 6) is -0.00651. The Morgan fingerprint density at radius 1 is 0.514 bits per heavy atom. The number of hydrogen-bond acceptors (Lipinski definition) is 11. The van der Waals surface area contributed by atoms with Crippen LogP contribution in [0.5, 0.6) is 17.2 Å². The third kappa shape index (κ3) is 12.9. The maximum Gasteiger partial charge on any atom is 0.223 e. The Labute approximate surface area is 427 Å². The van der Waals surface area contributed by atoms with Crippen LogP contribution in [0.2, 0.25) is 5.02 Å². The van der Waals surface area contributed by atoms with E-state index in [2.05, 4.69) is 0 Å². The topological polar surface area (TPSA) is 113 Å². The van der Waals surface area contributed by atoms with E-state index in [0.29, 0.717) is 30.2 Å². The van der Waals surface area contributed by atoms with E-state index in [1.165, 1.54) is 0 Å². The van der Waals surface area contributed by atoms with E-state index >= 15 is 0 Å². The van der Waals surface area contributed by atoms with Crippen LogP contribution in [0.3, 0.4) is 0 Å². The van der Waals surface area contributed by atoms with Crippen LogP contribution >= 0.6 is 11.6 Å². The van der Waals surface area contributed by atoms with Crippen molar-refractivity contribution in [3.05, 3.63) is 232 Å². The fourth-order valence-electron chi connectivity index (χ4n) is 8.95. The average Bonchev–Trinajstić information content (AvgIpc) is 3.41. The first-order valence-electron chi connectivity index (χ1n) is 24.2. The fourth-order valence-corrected chi connectivity index (χ4v) is 9.14. The van der Waals surface area contributed by atoms with E-state index in [4.69, 9.17) is 59.0 Å². The number of hydrogen-bond donors (Lipinski definition) is 1. The molecule has 12 heteroatoms. The largest absolute Gasteiger partial charge is 0.497 e. The van der Waals surface area contributed by atoms with Gasteiger partial charge in [0, 0.05) is 10.6 Å². The van der Waals surface area contributed by atoms with Crippen LogP contribution in [0.1, 0.15) is 44.5 Å². The van der Waals surface area contributed by atoms with Gasteiger partial charge >= 0.3 is 0 Å². The number of halogens is 1. The highest BCUT2D eigenvalue weighted by Crippen LogP contribution is 2.47. The molecule has 7 aromatic rings. The maximum absolute atomic E-state index is 14.0. The lowest BCUT2D eigenvalue weighted by Gasteiger charge is -2.56. The lowest BCUT2D eigenvalue weighted by molar-refractivity contribution is -0.414. The number of aliphatic hydroxyl groups is 1. The molecule has 2 aliphatic heterocycles. The standard InChI is InChI=1S/C60H61ClO11/c1-63-51-25-20-47(21-26-51)34-66-41-59(42-67-35-48-22-27-52(64-2)28-23-48)57(69-37-45-14-8-4-9-15-45)56(68-36-44-12-6-3-7-13-44)58(70-38-46-16-10-5-11-17-46)60(62,72-59)50-24-31-55(61)49(33-50)32-43-18-29-53(30-19-43)71-54-39-65-40-54/h3-31,33,54,56-58,62H,32,34-42H2,1-2H3/t56-,57-,58?,60?/m0/s1. The molecule has 4 atom stereocenters. The Morgan fingerprint density at radius 3 is 1.46 bits per heavy atom. The molecule has 1 N–H and O–H groups in total. The van der Waals surface area contributed by atoms with Gasteiger partial charge in [-0.15, -0.1) is 0 Å². The molecule has 11 nitrogen and oxygen atoms in total. The van der Waals surface area contributed by atoms with Gasteiger partial charge in [0.05, 0.1) is 73.7 Å². The first-order chi connectivity index (χ1) is 35.3. The zero-order valence-corrected chi connectivity index (χ0v) is 41.4. The monoisotopic (exact) mass is 992 g/mol. The predicted molar refractivity (Wildman–Crippen MR) is 274 cm³/mol. The number of rotatable bonds is 24. The molecule has 2 saturated heterocycles. The van der Waals surface area contributed by atoms with Crippen molar-refractivity contribution in [1.29, 1.82) is 0 Å². The summed E-state index contributed by atoms with van der Waals surface area (Å²) in [5.41, 5.74) is 5.12. The lowest BCUT2D eigenvalue weighted by atomic mass is 9.80. The molecule has 0 aromatic heterocycles. The number of benzene rings is 7. The normalized spacial score (nSPS) is 19.6. The Hall–Kier alpha value is -6.09. The second-order valence-electron chi connectivity index (χ2n) is 18.1. The lowest BCUT2D eigenvalue weighted by Crippen LogP contribution is -2.72. The molecule has 2 unspecified atom stereocenters. The minimum Gasteiger partial charge on any atom is -0.497 e. The van der Waals surface area contributed by atoms with Gasteiger partial charge in [0.1, 0.15) is 47.3 Å². The van der Waals surface area contributed by atoms with Crippen LogP contribution in [-0.4, -0.2) is 75.8 Å². The minimum atomic E-state index is -2.22. The van der Waals surface area contributed by atoms with Gasteiger partial charge in [-0.1, -0.05) is 145 Å². The van der Waals surface area contributed by atoms with Gasteiger partial charge in [0.15, 0.2) is 0 Å². The molecule has 0 spiro atoms. The highest BCUT2D eigenvalue weighted by molar-refractivity contribution is 6.31. The molecule has 7 aromatic carbocycles. The van der Waals surface area contributed by atoms with Gasteiger partial charge in [0.25, 0.3) is 0 Å². The smallest absolute Gasteiger partial charge is 0.223 e. The van der Waals surface area contributed by atoms with E-state index in [1.54, 1.807) is 26.4 Å². The summed E-state index contributed by atoms with van der Waals surface area (Å²) in [5, 5.41) is 14.5. The molecule has 2 aliphatic rings. The Kier molecular flexibility index (Phi) is 17.3. The third-order valence-electron chi connectivity index (χ3n) is 12.9. The number of methoxy groups -OCH3 is 2. The quantitative estimate of drug-likeness (QED) is 0.0624. The van der Waals surface area contributed by atoms with Gasteiger partial charge in [0.2, 0.25) is 5.79 Å². The summed E-state index contributed by atoms with van der Waals surface area (Å²) in [4.78, 5) is 0. The van der Waals surface area contributed by atoms with Crippen LogP contribution < -0.4 is 14.2 Å². The summed E-state index contributed by atoms with van der Waals surface area (Å²) in [6.07, 6.45) is -2.67. The molecule has 0 aliphatic carbocycles. The summed E-state index contributed by atoms with van der Waals surface area (Å²) in [6.45, 7) is 1.81. The van der Waals surface area contributed by atoms with E-state index < -0.39 is 29.7 Å². The van der Waals surface area contributed by atoms with Gasteiger partial charge in [-0.2, -0.15) is 0 Å². The van der Waals surface area contributed by atoms with Gasteiger partial charge < -0.3 is 52.5 Å². The average molecular weight is 994 g/mol. The molecule has 72 heavy (non-hydrogen) atoms. The third-order valence-corrected chi connectivity index (χ3v) is 13.3. The van der Waals surface area contributed by atoms with Gasteiger partial charge in [-0.05, 0) is 93.9 Å². The van der Waals surface area contributed by atoms with Crippen molar-refractivity contribution in [3.63, 3.8) is 0 Å². The molecular formula is C60H61ClO11. The van der Waals surface area contributed by atoms with Gasteiger partial charge in [-0.25, -0.2) is 0 Å². The Balaban J connectivity index is 1.15. The van der Waals surface area contributed by atoms with Crippen LogP contribution in [0.4, 0.5) is 0 Å². The zero-order valence-electron chi connectivity index (χ0n) is 40.6. The SMILES string of the molecule is COc1ccc(COCC2(COCc3ccc(OC)cc3)OC(O)(c3ccc(Cl)c(Cc4ccc(OC5COC5)cc4)c3)C(OCc3ccccc3)[C@@H](OCc3ccccc3)[C@@H]2OCc2ccccc2)cc1. The maximum atomic E-state index is 14.0. The van der Waals surface area contributed by atoms with Crippen molar-refractivity contribution >= 4 is 11.6 Å². The summed E-state index contributed by atoms with van der Waals surface area (Å²) in [6, 6.07) is 58.4. The van der Waals surface area contributed by atoms with Crippen molar-refractivity contribution in [2.45, 2.75) is 75.3 Å². The Bertz CT molecular complexity index is 2670. The Morgan fingerprint density at radius 2 is 0.972 bits per heavy atom. The molecule has 0 radical (unpaired) electrons. The van der Waals surface area contributed by atoms with E-state index in [0.717, 1.165) is 56.2 Å². The van der Waals surface area contributed by atoms with Crippen LogP contribution in [0.25, 0.3) is 0 Å². The molecule has 0 amide bonds. The number of ether oxygens (including phenoxy) is 10. The van der Waals surface area contributed by atoms with Crippen molar-refractivity contribution < 1.29 is 52.5 Å². The summed E-state index contributed by atoms with van der Waals surface area (Å²) in [7, 11) is 3.27. The second-order valence-corrected chi connectivity index (χ2v) is 18.6. The van der Waals surface area contributed by atoms with Crippen LogP contribution in [0.15, 0.2) is 182 Å². The first-order valence-corrected chi connectivity index (χ1v) is 24.6. The summed E-state index contributed by atoms with van der Waals surface area (Å²) < 4.78 is 64.5. The molecular weight excluding hydrogens is 932 g/mol. The first kappa shape index (κ1) is 50.8. The van der Waals surface area contributed by atoms with Crippen molar-refractivity contribution in [1.82, 2.24) is 0 Å². The van der Waals surface area contributed by atoms with E-state index in [9.17, 15) is 5.11 Å². The molecule has 2 heterocycles. The molecule has 0 bridgehead atoms. The second kappa shape index (κ2) is 24.6. The van der Waals surface area contributed by atoms with Crippen LogP contribution in [-0.2, 0) is 78.4 Å². The van der Waals surface area contributed by atoms with E-state index in [-0.39, 0.29) is 52.4 Å². The molecule has 9 rings (SSSR count).